The van der Waals surface area contributed by atoms with Crippen molar-refractivity contribution in [3.05, 3.63) is 28.3 Å². The van der Waals surface area contributed by atoms with E-state index in [1.165, 1.54) is 0 Å². The molecule has 0 heterocycles. The first kappa shape index (κ1) is 23.2. The average Bonchev–Trinajstić information content (AvgIpc) is 2.55. The monoisotopic (exact) mass is 384 g/mol. The third kappa shape index (κ3) is 6.40. The van der Waals surface area contributed by atoms with Gasteiger partial charge in [0, 0.05) is 0 Å². The molecule has 0 bridgehead atoms. The number of phenols is 1. The summed E-state index contributed by atoms with van der Waals surface area (Å²) < 4.78 is 24.8. The molecular weight excluding hydrogens is 347 g/mol. The van der Waals surface area contributed by atoms with E-state index < -0.39 is 7.60 Å². The van der Waals surface area contributed by atoms with Crippen molar-refractivity contribution in [3.8, 4) is 5.75 Å². The van der Waals surface area contributed by atoms with Crippen molar-refractivity contribution in [3.63, 3.8) is 0 Å². The lowest BCUT2D eigenvalue weighted by Gasteiger charge is -2.26. The molecule has 0 aliphatic rings. The zero-order valence-corrected chi connectivity index (χ0v) is 18.5. The SMILES string of the molecule is CCCCOP(=O)(Cc1cc(C(C)(C)C)c(O)c(C)c1C)OCCCC. The predicted molar refractivity (Wildman–Crippen MR) is 109 cm³/mol. The maximum atomic E-state index is 13.3. The van der Waals surface area contributed by atoms with E-state index in [4.69, 9.17) is 9.05 Å². The lowest BCUT2D eigenvalue weighted by Crippen LogP contribution is -2.14. The molecule has 5 heteroatoms. The molecule has 150 valence electrons. The standard InChI is InChI=1S/C21H37O4P/c1-8-10-12-24-26(23,25-13-11-9-2)15-18-14-19(21(5,6)7)20(22)17(4)16(18)3/h14,22H,8-13,15H2,1-7H3. The van der Waals surface area contributed by atoms with Crippen LogP contribution in [0.25, 0.3) is 0 Å². The largest absolute Gasteiger partial charge is 0.507 e. The Morgan fingerprint density at radius 1 is 1.00 bits per heavy atom. The molecule has 0 fully saturated rings. The van der Waals surface area contributed by atoms with Gasteiger partial charge in [-0.2, -0.15) is 0 Å². The number of benzene rings is 1. The second kappa shape index (κ2) is 9.92. The van der Waals surface area contributed by atoms with Crippen molar-refractivity contribution < 1.29 is 18.7 Å². The Kier molecular flexibility index (Phi) is 8.85. The van der Waals surface area contributed by atoms with Gasteiger partial charge in [0.05, 0.1) is 19.4 Å². The molecule has 1 rings (SSSR count). The van der Waals surface area contributed by atoms with Crippen molar-refractivity contribution >= 4 is 7.60 Å². The van der Waals surface area contributed by atoms with Crippen molar-refractivity contribution in [2.45, 2.75) is 85.7 Å². The van der Waals surface area contributed by atoms with Gasteiger partial charge in [0.15, 0.2) is 0 Å². The minimum absolute atomic E-state index is 0.201. The van der Waals surface area contributed by atoms with Gasteiger partial charge < -0.3 is 14.2 Å². The number of rotatable bonds is 10. The number of hydrogen-bond donors (Lipinski definition) is 1. The third-order valence-electron chi connectivity index (χ3n) is 4.72. The maximum Gasteiger partial charge on any atom is 0.335 e. The summed E-state index contributed by atoms with van der Waals surface area (Å²) in [4.78, 5) is 0. The fourth-order valence-electron chi connectivity index (χ4n) is 2.74. The number of hydrogen-bond acceptors (Lipinski definition) is 4. The summed E-state index contributed by atoms with van der Waals surface area (Å²) in [5.74, 6) is 0.326. The Labute approximate surface area is 159 Å². The van der Waals surface area contributed by atoms with Gasteiger partial charge in [0.1, 0.15) is 5.75 Å². The van der Waals surface area contributed by atoms with Crippen LogP contribution in [0.3, 0.4) is 0 Å². The van der Waals surface area contributed by atoms with E-state index in [1.807, 2.05) is 19.9 Å². The molecule has 0 atom stereocenters. The Hall–Kier alpha value is -0.830. The molecule has 0 unspecified atom stereocenters. The first-order valence-corrected chi connectivity index (χ1v) is 11.5. The molecule has 0 saturated carbocycles. The molecule has 26 heavy (non-hydrogen) atoms. The van der Waals surface area contributed by atoms with Gasteiger partial charge in [0.2, 0.25) is 0 Å². The third-order valence-corrected chi connectivity index (χ3v) is 6.60. The summed E-state index contributed by atoms with van der Waals surface area (Å²) in [6.45, 7) is 15.1. The Morgan fingerprint density at radius 3 is 1.92 bits per heavy atom. The van der Waals surface area contributed by atoms with Crippen LogP contribution in [0.4, 0.5) is 0 Å². The highest BCUT2D eigenvalue weighted by atomic mass is 31.2. The van der Waals surface area contributed by atoms with E-state index in [-0.39, 0.29) is 11.6 Å². The molecule has 0 aliphatic carbocycles. The second-order valence-electron chi connectivity index (χ2n) is 8.07. The van der Waals surface area contributed by atoms with Gasteiger partial charge in [-0.3, -0.25) is 4.57 Å². The Bertz CT molecular complexity index is 618. The van der Waals surface area contributed by atoms with Crippen LogP contribution in [0.1, 0.15) is 82.6 Å². The lowest BCUT2D eigenvalue weighted by molar-refractivity contribution is 0.199. The number of phenolic OH excluding ortho intramolecular Hbond substituents is 1. The molecule has 0 saturated heterocycles. The van der Waals surface area contributed by atoms with Crippen LogP contribution < -0.4 is 0 Å². The Morgan fingerprint density at radius 2 is 1.50 bits per heavy atom. The van der Waals surface area contributed by atoms with Crippen LogP contribution in [0.2, 0.25) is 0 Å². The van der Waals surface area contributed by atoms with E-state index in [0.29, 0.717) is 19.0 Å². The van der Waals surface area contributed by atoms with Gasteiger partial charge >= 0.3 is 7.60 Å². The van der Waals surface area contributed by atoms with Crippen molar-refractivity contribution in [2.75, 3.05) is 13.2 Å². The molecular formula is C21H37O4P. The lowest BCUT2D eigenvalue weighted by atomic mass is 9.83. The van der Waals surface area contributed by atoms with Crippen molar-refractivity contribution in [1.82, 2.24) is 0 Å². The smallest absolute Gasteiger partial charge is 0.335 e. The molecule has 0 spiro atoms. The fraction of sp³-hybridized carbons (Fsp3) is 0.714. The molecule has 0 amide bonds. The van der Waals surface area contributed by atoms with E-state index in [0.717, 1.165) is 47.9 Å². The molecule has 0 aliphatic heterocycles. The second-order valence-corrected chi connectivity index (χ2v) is 10.1. The van der Waals surface area contributed by atoms with E-state index in [9.17, 15) is 9.67 Å². The van der Waals surface area contributed by atoms with Gasteiger partial charge in [-0.1, -0.05) is 53.5 Å². The highest BCUT2D eigenvalue weighted by Gasteiger charge is 2.29. The zero-order chi connectivity index (χ0) is 20.0. The van der Waals surface area contributed by atoms with Crippen LogP contribution in [0.5, 0.6) is 5.75 Å². The minimum Gasteiger partial charge on any atom is -0.507 e. The van der Waals surface area contributed by atoms with Crippen LogP contribution in [0.15, 0.2) is 6.07 Å². The summed E-state index contributed by atoms with van der Waals surface area (Å²) in [7, 11) is -3.22. The first-order chi connectivity index (χ1) is 12.1. The van der Waals surface area contributed by atoms with Crippen LogP contribution >= 0.6 is 7.60 Å². The highest BCUT2D eigenvalue weighted by molar-refractivity contribution is 7.53. The summed E-state index contributed by atoms with van der Waals surface area (Å²) in [6, 6.07) is 1.97. The van der Waals surface area contributed by atoms with Crippen LogP contribution in [-0.4, -0.2) is 18.3 Å². The first-order valence-electron chi connectivity index (χ1n) is 9.76. The summed E-state index contributed by atoms with van der Waals surface area (Å²) in [5.41, 5.74) is 3.38. The number of aromatic hydroxyl groups is 1. The molecule has 0 radical (unpaired) electrons. The van der Waals surface area contributed by atoms with Crippen molar-refractivity contribution in [1.29, 1.82) is 0 Å². The summed E-state index contributed by atoms with van der Waals surface area (Å²) in [5, 5.41) is 10.6. The molecule has 1 N–H and O–H groups in total. The Balaban J connectivity index is 3.20. The van der Waals surface area contributed by atoms with Crippen LogP contribution in [0, 0.1) is 13.8 Å². The summed E-state index contributed by atoms with van der Waals surface area (Å²) in [6.07, 6.45) is 3.95. The minimum atomic E-state index is -3.22. The normalized spacial score (nSPS) is 12.6. The topological polar surface area (TPSA) is 55.8 Å². The van der Waals surface area contributed by atoms with Gasteiger partial charge in [-0.15, -0.1) is 0 Å². The van der Waals surface area contributed by atoms with Crippen LogP contribution in [-0.2, 0) is 25.2 Å². The van der Waals surface area contributed by atoms with E-state index in [2.05, 4.69) is 34.6 Å². The summed E-state index contributed by atoms with van der Waals surface area (Å²) >= 11 is 0. The van der Waals surface area contributed by atoms with E-state index >= 15 is 0 Å². The average molecular weight is 384 g/mol. The molecule has 4 nitrogen and oxygen atoms in total. The zero-order valence-electron chi connectivity index (χ0n) is 17.6. The quantitative estimate of drug-likeness (QED) is 0.363. The van der Waals surface area contributed by atoms with Gasteiger partial charge in [0.25, 0.3) is 0 Å². The molecule has 1 aromatic rings. The molecule has 0 aromatic heterocycles. The molecule has 1 aromatic carbocycles. The predicted octanol–water partition coefficient (Wildman–Crippen LogP) is 6.63. The maximum absolute atomic E-state index is 13.3. The van der Waals surface area contributed by atoms with Gasteiger partial charge in [-0.05, 0) is 54.4 Å². The van der Waals surface area contributed by atoms with Crippen molar-refractivity contribution in [2.24, 2.45) is 0 Å². The van der Waals surface area contributed by atoms with E-state index in [1.54, 1.807) is 0 Å². The number of unbranched alkanes of at least 4 members (excludes halogenated alkanes) is 2. The highest BCUT2D eigenvalue weighted by Crippen LogP contribution is 2.53. The fourth-order valence-corrected chi connectivity index (χ4v) is 4.56. The van der Waals surface area contributed by atoms with Gasteiger partial charge in [-0.25, -0.2) is 0 Å².